The molecule has 0 spiro atoms. The molecule has 3 aliphatic rings. The predicted molar refractivity (Wildman–Crippen MR) is 124 cm³/mol. The molecule has 35 heavy (non-hydrogen) atoms. The number of carbonyl (C=O) groups excluding carboxylic acids is 1. The Bertz CT molecular complexity index is 1080. The number of nitrogens with zero attached hydrogens (tertiary/aromatic N) is 3. The van der Waals surface area contributed by atoms with Crippen LogP contribution in [0.15, 0.2) is 12.4 Å². The average Bonchev–Trinajstić information content (AvgIpc) is 3.44. The zero-order chi connectivity index (χ0) is 24.8. The van der Waals surface area contributed by atoms with Gasteiger partial charge in [-0.2, -0.15) is 13.2 Å². The molecule has 5 rings (SSSR count). The van der Waals surface area contributed by atoms with Crippen molar-refractivity contribution < 1.29 is 22.7 Å². The van der Waals surface area contributed by atoms with Gasteiger partial charge in [0, 0.05) is 49.2 Å². The fourth-order valence-corrected chi connectivity index (χ4v) is 5.20. The van der Waals surface area contributed by atoms with Crippen LogP contribution in [-0.4, -0.2) is 69.7 Å². The number of rotatable bonds is 4. The van der Waals surface area contributed by atoms with E-state index in [2.05, 4.69) is 39.4 Å². The second-order valence-electron chi connectivity index (χ2n) is 10.3. The summed E-state index contributed by atoms with van der Waals surface area (Å²) in [5.74, 6) is -0.0461. The summed E-state index contributed by atoms with van der Waals surface area (Å²) in [5, 5.41) is 6.63. The van der Waals surface area contributed by atoms with Crippen LogP contribution < -0.4 is 10.6 Å². The number of halogens is 3. The topological polar surface area (TPSA) is 95.2 Å². The second-order valence-corrected chi connectivity index (χ2v) is 10.3. The molecule has 2 aromatic heterocycles. The molecule has 11 heteroatoms. The molecule has 3 aliphatic heterocycles. The SMILES string of the molecule is CC1(C)CC[C@H](Nc2ncc(C(F)(F)F)c(-c3c[nH]c4c3CCCN(C3CCOC3)C4=O)n2)CN1. The van der Waals surface area contributed by atoms with E-state index in [4.69, 9.17) is 4.74 Å². The maximum Gasteiger partial charge on any atom is 0.419 e. The van der Waals surface area contributed by atoms with Gasteiger partial charge in [-0.3, -0.25) is 4.79 Å². The Morgan fingerprint density at radius 1 is 1.29 bits per heavy atom. The van der Waals surface area contributed by atoms with Crippen LogP contribution in [-0.2, 0) is 17.3 Å². The number of fused-ring (bicyclic) bond motifs is 1. The van der Waals surface area contributed by atoms with Gasteiger partial charge in [-0.15, -0.1) is 0 Å². The van der Waals surface area contributed by atoms with E-state index in [0.29, 0.717) is 56.0 Å². The third-order valence-corrected chi connectivity index (χ3v) is 7.26. The first-order chi connectivity index (χ1) is 16.6. The Morgan fingerprint density at radius 2 is 2.11 bits per heavy atom. The molecule has 2 aromatic rings. The van der Waals surface area contributed by atoms with E-state index in [1.165, 1.54) is 6.20 Å². The summed E-state index contributed by atoms with van der Waals surface area (Å²) in [6.45, 7) is 6.55. The Morgan fingerprint density at radius 3 is 2.80 bits per heavy atom. The molecule has 5 heterocycles. The number of nitrogens with one attached hydrogen (secondary N) is 3. The lowest BCUT2D eigenvalue weighted by atomic mass is 9.91. The molecule has 1 amide bonds. The van der Waals surface area contributed by atoms with Gasteiger partial charge in [0.1, 0.15) is 11.3 Å². The highest BCUT2D eigenvalue weighted by Gasteiger charge is 2.38. The van der Waals surface area contributed by atoms with Crippen LogP contribution in [0.25, 0.3) is 11.3 Å². The summed E-state index contributed by atoms with van der Waals surface area (Å²) in [6.07, 6.45) is 1.37. The van der Waals surface area contributed by atoms with E-state index in [1.54, 1.807) is 4.90 Å². The number of carbonyl (C=O) groups is 1. The van der Waals surface area contributed by atoms with Gasteiger partial charge in [0.2, 0.25) is 5.95 Å². The van der Waals surface area contributed by atoms with Gasteiger partial charge in [0.15, 0.2) is 0 Å². The first-order valence-electron chi connectivity index (χ1n) is 12.2. The Kier molecular flexibility index (Phi) is 6.25. The molecule has 0 radical (unpaired) electrons. The molecule has 0 saturated carbocycles. The first-order valence-corrected chi connectivity index (χ1v) is 12.2. The smallest absolute Gasteiger partial charge is 0.379 e. The minimum absolute atomic E-state index is 0.00475. The van der Waals surface area contributed by atoms with Gasteiger partial charge in [-0.25, -0.2) is 9.97 Å². The number of piperidine rings is 1. The molecule has 0 aromatic carbocycles. The summed E-state index contributed by atoms with van der Waals surface area (Å²) in [4.78, 5) is 26.4. The Balaban J connectivity index is 1.47. The van der Waals surface area contributed by atoms with E-state index in [0.717, 1.165) is 25.5 Å². The molecule has 2 saturated heterocycles. The lowest BCUT2D eigenvalue weighted by Crippen LogP contribution is -2.50. The van der Waals surface area contributed by atoms with Gasteiger partial charge >= 0.3 is 6.18 Å². The number of H-pyrrole nitrogens is 1. The van der Waals surface area contributed by atoms with Crippen LogP contribution >= 0.6 is 0 Å². The van der Waals surface area contributed by atoms with Crippen LogP contribution in [0, 0.1) is 0 Å². The van der Waals surface area contributed by atoms with Crippen molar-refractivity contribution in [3.63, 3.8) is 0 Å². The number of hydrogen-bond acceptors (Lipinski definition) is 6. The lowest BCUT2D eigenvalue weighted by Gasteiger charge is -2.36. The molecule has 2 fully saturated rings. The summed E-state index contributed by atoms with van der Waals surface area (Å²) in [7, 11) is 0. The van der Waals surface area contributed by atoms with Crippen LogP contribution in [0.5, 0.6) is 0 Å². The van der Waals surface area contributed by atoms with E-state index >= 15 is 0 Å². The van der Waals surface area contributed by atoms with E-state index in [9.17, 15) is 18.0 Å². The van der Waals surface area contributed by atoms with Gasteiger partial charge < -0.3 is 25.3 Å². The number of ether oxygens (including phenoxy) is 1. The zero-order valence-corrected chi connectivity index (χ0v) is 20.0. The quantitative estimate of drug-likeness (QED) is 0.604. The van der Waals surface area contributed by atoms with Crippen molar-refractivity contribution in [2.75, 3.05) is 31.6 Å². The van der Waals surface area contributed by atoms with E-state index in [1.807, 2.05) is 0 Å². The molecule has 2 atom stereocenters. The molecular formula is C24H31F3N6O2. The predicted octanol–water partition coefficient (Wildman–Crippen LogP) is 3.61. The van der Waals surface area contributed by atoms with Crippen molar-refractivity contribution in [1.82, 2.24) is 25.2 Å². The van der Waals surface area contributed by atoms with Gasteiger partial charge in [0.25, 0.3) is 5.91 Å². The largest absolute Gasteiger partial charge is 0.419 e. The van der Waals surface area contributed by atoms with Crippen molar-refractivity contribution in [1.29, 1.82) is 0 Å². The van der Waals surface area contributed by atoms with Crippen molar-refractivity contribution >= 4 is 11.9 Å². The number of hydrogen-bond donors (Lipinski definition) is 3. The summed E-state index contributed by atoms with van der Waals surface area (Å²) in [6, 6.07) is 0.00888. The minimum Gasteiger partial charge on any atom is -0.379 e. The molecule has 190 valence electrons. The second kappa shape index (κ2) is 9.09. The number of aromatic amines is 1. The van der Waals surface area contributed by atoms with Crippen molar-refractivity contribution in [2.24, 2.45) is 0 Å². The van der Waals surface area contributed by atoms with E-state index in [-0.39, 0.29) is 35.2 Å². The fraction of sp³-hybridized carbons (Fsp3) is 0.625. The number of amides is 1. The molecule has 0 aliphatic carbocycles. The molecule has 0 bridgehead atoms. The van der Waals surface area contributed by atoms with Crippen LogP contribution in [0.3, 0.4) is 0 Å². The third kappa shape index (κ3) is 4.88. The third-order valence-electron chi connectivity index (χ3n) is 7.26. The summed E-state index contributed by atoms with van der Waals surface area (Å²) >= 11 is 0. The van der Waals surface area contributed by atoms with Crippen molar-refractivity contribution in [3.8, 4) is 11.3 Å². The van der Waals surface area contributed by atoms with Crippen molar-refractivity contribution in [2.45, 2.75) is 69.8 Å². The number of anilines is 1. The minimum atomic E-state index is -4.63. The van der Waals surface area contributed by atoms with Crippen LogP contribution in [0.1, 0.15) is 61.1 Å². The maximum absolute atomic E-state index is 14.0. The summed E-state index contributed by atoms with van der Waals surface area (Å²) in [5.41, 5.74) is 0.126. The number of aromatic nitrogens is 3. The maximum atomic E-state index is 14.0. The van der Waals surface area contributed by atoms with Crippen LogP contribution in [0.4, 0.5) is 19.1 Å². The molecular weight excluding hydrogens is 461 g/mol. The normalized spacial score (nSPS) is 24.8. The average molecular weight is 493 g/mol. The highest BCUT2D eigenvalue weighted by Crippen LogP contribution is 2.39. The standard InChI is InChI=1S/C24H31F3N6O2/c1-23(2)7-5-14(10-30-23)31-22-29-12-18(24(25,26)27)19(32-22)17-11-28-20-16(17)4-3-8-33(21(20)34)15-6-9-35-13-15/h11-12,14-15,28,30H,3-10,13H2,1-2H3,(H,29,31,32)/t14-,15?/m0/s1. The fourth-order valence-electron chi connectivity index (χ4n) is 5.20. The Labute approximate surface area is 202 Å². The monoisotopic (exact) mass is 492 g/mol. The van der Waals surface area contributed by atoms with Gasteiger partial charge in [-0.05, 0) is 51.5 Å². The highest BCUT2D eigenvalue weighted by molar-refractivity contribution is 5.97. The molecule has 8 nitrogen and oxygen atoms in total. The first kappa shape index (κ1) is 24.1. The highest BCUT2D eigenvalue weighted by atomic mass is 19.4. The van der Waals surface area contributed by atoms with Gasteiger partial charge in [-0.1, -0.05) is 0 Å². The van der Waals surface area contributed by atoms with Crippen molar-refractivity contribution in [3.05, 3.63) is 29.2 Å². The summed E-state index contributed by atoms with van der Waals surface area (Å²) < 4.78 is 47.3. The van der Waals surface area contributed by atoms with Crippen LogP contribution in [0.2, 0.25) is 0 Å². The Hall–Kier alpha value is -2.66. The zero-order valence-electron chi connectivity index (χ0n) is 20.0. The lowest BCUT2D eigenvalue weighted by molar-refractivity contribution is -0.137. The molecule has 1 unspecified atom stereocenters. The number of alkyl halides is 3. The van der Waals surface area contributed by atoms with E-state index < -0.39 is 11.7 Å². The van der Waals surface area contributed by atoms with Gasteiger partial charge in [0.05, 0.1) is 18.3 Å². The molecule has 3 N–H and O–H groups in total.